The molecule has 2 N–H and O–H groups in total. The Morgan fingerprint density at radius 1 is 1.33 bits per heavy atom. The first-order valence-electron chi connectivity index (χ1n) is 9.10. The summed E-state index contributed by atoms with van der Waals surface area (Å²) in [4.78, 5) is 15.2. The Kier molecular flexibility index (Phi) is 4.40. The van der Waals surface area contributed by atoms with E-state index in [1.54, 1.807) is 29.9 Å². The Morgan fingerprint density at radius 2 is 2.15 bits per heavy atom. The van der Waals surface area contributed by atoms with Crippen molar-refractivity contribution in [1.29, 1.82) is 5.26 Å². The van der Waals surface area contributed by atoms with Gasteiger partial charge in [-0.05, 0) is 49.6 Å². The number of nitrogens with zero attached hydrogens (tertiary/aromatic N) is 3. The maximum atomic E-state index is 13.7. The summed E-state index contributed by atoms with van der Waals surface area (Å²) in [6.45, 7) is 1.80. The van der Waals surface area contributed by atoms with Gasteiger partial charge in [-0.2, -0.15) is 10.4 Å². The second-order valence-electron chi connectivity index (χ2n) is 7.09. The molecular formula is C20H20FN5O. The van der Waals surface area contributed by atoms with Crippen molar-refractivity contribution >= 4 is 22.4 Å². The Bertz CT molecular complexity index is 1070. The molecule has 1 saturated carbocycles. The molecule has 1 aromatic carbocycles. The van der Waals surface area contributed by atoms with E-state index < -0.39 is 0 Å². The van der Waals surface area contributed by atoms with Gasteiger partial charge in [0.05, 0.1) is 23.5 Å². The van der Waals surface area contributed by atoms with Gasteiger partial charge < -0.3 is 10.3 Å². The molecule has 4 rings (SSSR count). The number of pyridine rings is 1. The first-order chi connectivity index (χ1) is 13.1. The summed E-state index contributed by atoms with van der Waals surface area (Å²) in [5, 5.41) is 17.7. The summed E-state index contributed by atoms with van der Waals surface area (Å²) in [7, 11) is 0. The molecular weight excluding hydrogens is 345 g/mol. The summed E-state index contributed by atoms with van der Waals surface area (Å²) in [6.07, 6.45) is 5.32. The molecule has 6 nitrogen and oxygen atoms in total. The number of nitrogens with one attached hydrogen (secondary N) is 2. The normalized spacial score (nSPS) is 19.7. The van der Waals surface area contributed by atoms with Crippen molar-refractivity contribution in [3.05, 3.63) is 52.2 Å². The van der Waals surface area contributed by atoms with E-state index in [-0.39, 0.29) is 23.3 Å². The number of halogens is 1. The number of fused-ring (bicyclic) bond motifs is 1. The molecule has 3 aromatic rings. The van der Waals surface area contributed by atoms with Gasteiger partial charge in [-0.3, -0.25) is 9.48 Å². The number of rotatable bonds is 3. The van der Waals surface area contributed by atoms with Crippen LogP contribution in [0.1, 0.15) is 37.3 Å². The van der Waals surface area contributed by atoms with Crippen LogP contribution >= 0.6 is 0 Å². The number of hydrogen-bond donors (Lipinski definition) is 2. The molecule has 2 atom stereocenters. The Morgan fingerprint density at radius 3 is 2.93 bits per heavy atom. The van der Waals surface area contributed by atoms with Crippen LogP contribution in [0.5, 0.6) is 0 Å². The van der Waals surface area contributed by atoms with Crippen LogP contribution in [0, 0.1) is 30.0 Å². The molecule has 1 aliphatic carbocycles. The van der Waals surface area contributed by atoms with E-state index in [1.807, 2.05) is 0 Å². The third-order valence-electron chi connectivity index (χ3n) is 5.14. The molecule has 27 heavy (non-hydrogen) atoms. The number of nitriles is 1. The fourth-order valence-corrected chi connectivity index (χ4v) is 3.94. The van der Waals surface area contributed by atoms with Crippen molar-refractivity contribution in [3.63, 3.8) is 0 Å². The minimum Gasteiger partial charge on any atom is -0.338 e. The molecule has 2 heterocycles. The fourth-order valence-electron chi connectivity index (χ4n) is 3.94. The van der Waals surface area contributed by atoms with Crippen LogP contribution in [0.2, 0.25) is 0 Å². The maximum Gasteiger partial charge on any atom is 0.261 e. The van der Waals surface area contributed by atoms with E-state index in [0.717, 1.165) is 31.2 Å². The minimum atomic E-state index is -0.355. The Labute approximate surface area is 155 Å². The van der Waals surface area contributed by atoms with Gasteiger partial charge in [0, 0.05) is 11.9 Å². The zero-order chi connectivity index (χ0) is 19.0. The van der Waals surface area contributed by atoms with Crippen LogP contribution in [0.15, 0.2) is 35.3 Å². The van der Waals surface area contributed by atoms with E-state index in [1.165, 1.54) is 12.1 Å². The quantitative estimate of drug-likeness (QED) is 0.729. The van der Waals surface area contributed by atoms with Gasteiger partial charge >= 0.3 is 0 Å². The standard InChI is InChI=1S/C20H20FN5O/c1-12-8-14(21)10-15(9-12)24-19-18-17(6-7-23-20(18)27)26(25-19)16-5-3-2-4-13(16)11-22/h6-10,13,16H,2-5H2,1H3,(H,23,27)(H,24,25). The van der Waals surface area contributed by atoms with Crippen LogP contribution in [-0.4, -0.2) is 14.8 Å². The van der Waals surface area contributed by atoms with Crippen LogP contribution < -0.4 is 10.9 Å². The highest BCUT2D eigenvalue weighted by Crippen LogP contribution is 2.36. The monoisotopic (exact) mass is 365 g/mol. The molecule has 0 saturated heterocycles. The van der Waals surface area contributed by atoms with E-state index >= 15 is 0 Å². The zero-order valence-corrected chi connectivity index (χ0v) is 15.0. The van der Waals surface area contributed by atoms with E-state index in [9.17, 15) is 14.4 Å². The number of benzene rings is 1. The molecule has 1 fully saturated rings. The third kappa shape index (κ3) is 3.19. The van der Waals surface area contributed by atoms with Crippen molar-refractivity contribution in [1.82, 2.24) is 14.8 Å². The van der Waals surface area contributed by atoms with Crippen molar-refractivity contribution in [2.75, 3.05) is 5.32 Å². The molecule has 7 heteroatoms. The fraction of sp³-hybridized carbons (Fsp3) is 0.350. The summed E-state index contributed by atoms with van der Waals surface area (Å²) < 4.78 is 15.5. The molecule has 2 unspecified atom stereocenters. The lowest BCUT2D eigenvalue weighted by atomic mass is 9.85. The second kappa shape index (κ2) is 6.88. The van der Waals surface area contributed by atoms with Crippen molar-refractivity contribution < 1.29 is 4.39 Å². The molecule has 0 radical (unpaired) electrons. The number of H-pyrrole nitrogens is 1. The topological polar surface area (TPSA) is 86.5 Å². The van der Waals surface area contributed by atoms with Gasteiger partial charge in [0.25, 0.3) is 5.56 Å². The maximum absolute atomic E-state index is 13.7. The van der Waals surface area contributed by atoms with Crippen LogP contribution in [0.25, 0.3) is 10.9 Å². The van der Waals surface area contributed by atoms with Gasteiger partial charge in [-0.1, -0.05) is 12.8 Å². The highest BCUT2D eigenvalue weighted by Gasteiger charge is 2.29. The van der Waals surface area contributed by atoms with Gasteiger partial charge in [0.2, 0.25) is 0 Å². The number of anilines is 2. The van der Waals surface area contributed by atoms with Crippen LogP contribution in [-0.2, 0) is 0 Å². The summed E-state index contributed by atoms with van der Waals surface area (Å²) in [6, 6.07) is 8.72. The number of aryl methyl sites for hydroxylation is 1. The van der Waals surface area contributed by atoms with Crippen molar-refractivity contribution in [2.24, 2.45) is 5.92 Å². The zero-order valence-electron chi connectivity index (χ0n) is 15.0. The predicted octanol–water partition coefficient (Wildman–Crippen LogP) is 4.17. The Hall–Kier alpha value is -3.14. The van der Waals surface area contributed by atoms with Gasteiger partial charge in [-0.25, -0.2) is 4.39 Å². The van der Waals surface area contributed by atoms with Gasteiger partial charge in [-0.15, -0.1) is 0 Å². The largest absolute Gasteiger partial charge is 0.338 e. The highest BCUT2D eigenvalue weighted by atomic mass is 19.1. The molecule has 1 aliphatic rings. The second-order valence-corrected chi connectivity index (χ2v) is 7.09. The summed E-state index contributed by atoms with van der Waals surface area (Å²) in [5.41, 5.74) is 1.72. The predicted molar refractivity (Wildman–Crippen MR) is 101 cm³/mol. The van der Waals surface area contributed by atoms with E-state index in [4.69, 9.17) is 0 Å². The number of aromatic nitrogens is 3. The first-order valence-corrected chi connectivity index (χ1v) is 9.10. The minimum absolute atomic E-state index is 0.0714. The average Bonchev–Trinajstić information content (AvgIpc) is 3.00. The lowest BCUT2D eigenvalue weighted by Gasteiger charge is -2.27. The van der Waals surface area contributed by atoms with Crippen molar-refractivity contribution in [2.45, 2.75) is 38.6 Å². The molecule has 2 aromatic heterocycles. The molecule has 0 spiro atoms. The lowest BCUT2D eigenvalue weighted by molar-refractivity contribution is 0.277. The molecule has 138 valence electrons. The van der Waals surface area contributed by atoms with E-state index in [2.05, 4.69) is 21.5 Å². The smallest absolute Gasteiger partial charge is 0.261 e. The van der Waals surface area contributed by atoms with Crippen molar-refractivity contribution in [3.8, 4) is 6.07 Å². The highest BCUT2D eigenvalue weighted by molar-refractivity contribution is 5.91. The molecule has 0 aliphatic heterocycles. The molecule has 0 bridgehead atoms. The first kappa shape index (κ1) is 17.3. The van der Waals surface area contributed by atoms with E-state index in [0.29, 0.717) is 22.4 Å². The average molecular weight is 365 g/mol. The Balaban J connectivity index is 1.84. The molecule has 0 amide bonds. The SMILES string of the molecule is Cc1cc(F)cc(Nc2nn(C3CCCCC3C#N)c3cc[nH]c(=O)c23)c1. The third-order valence-corrected chi connectivity index (χ3v) is 5.14. The van der Waals surface area contributed by atoms with Gasteiger partial charge in [0.1, 0.15) is 11.2 Å². The van der Waals surface area contributed by atoms with Gasteiger partial charge in [0.15, 0.2) is 5.82 Å². The summed E-state index contributed by atoms with van der Waals surface area (Å²) in [5.74, 6) is -0.114. The van der Waals surface area contributed by atoms with Crippen LogP contribution in [0.3, 0.4) is 0 Å². The van der Waals surface area contributed by atoms with Crippen LogP contribution in [0.4, 0.5) is 15.9 Å². The summed E-state index contributed by atoms with van der Waals surface area (Å²) >= 11 is 0. The number of hydrogen-bond acceptors (Lipinski definition) is 4. The lowest BCUT2D eigenvalue weighted by Crippen LogP contribution is -2.23. The number of aromatic amines is 1.